The minimum absolute atomic E-state index is 0.152. The zero-order valence-corrected chi connectivity index (χ0v) is 15.5. The van der Waals surface area contributed by atoms with E-state index in [2.05, 4.69) is 0 Å². The number of nitrogens with zero attached hydrogens (tertiary/aromatic N) is 1. The quantitative estimate of drug-likeness (QED) is 0.832. The second-order valence-electron chi connectivity index (χ2n) is 6.69. The highest BCUT2D eigenvalue weighted by Gasteiger charge is 2.36. The zero-order chi connectivity index (χ0) is 18.6. The topological polar surface area (TPSA) is 91.8 Å². The summed E-state index contributed by atoms with van der Waals surface area (Å²) in [4.78, 5) is 25.3. The molecule has 0 heterocycles. The first-order chi connectivity index (χ1) is 11.7. The molecule has 2 atom stereocenters. The van der Waals surface area contributed by atoms with Crippen molar-refractivity contribution in [3.8, 4) is 0 Å². The van der Waals surface area contributed by atoms with Crippen LogP contribution in [0.2, 0.25) is 0 Å². The molecule has 0 aromatic heterocycles. The fraction of sp³-hybridized carbons (Fsp3) is 0.556. The van der Waals surface area contributed by atoms with Gasteiger partial charge in [-0.25, -0.2) is 13.2 Å². The van der Waals surface area contributed by atoms with E-state index in [9.17, 15) is 23.1 Å². The van der Waals surface area contributed by atoms with Gasteiger partial charge in [0.25, 0.3) is 0 Å². The molecule has 0 bridgehead atoms. The lowest BCUT2D eigenvalue weighted by Crippen LogP contribution is -2.49. The van der Waals surface area contributed by atoms with Crippen LogP contribution in [-0.4, -0.2) is 54.9 Å². The van der Waals surface area contributed by atoms with E-state index < -0.39 is 21.1 Å². The van der Waals surface area contributed by atoms with E-state index in [1.54, 1.807) is 30.1 Å². The molecule has 1 saturated carbocycles. The van der Waals surface area contributed by atoms with Crippen molar-refractivity contribution in [1.29, 1.82) is 0 Å². The van der Waals surface area contributed by atoms with E-state index in [1.165, 1.54) is 12.3 Å². The maximum absolute atomic E-state index is 12.6. The molecule has 138 valence electrons. The maximum Gasteiger partial charge on any atom is 0.335 e. The van der Waals surface area contributed by atoms with Gasteiger partial charge in [-0.2, -0.15) is 0 Å². The summed E-state index contributed by atoms with van der Waals surface area (Å²) in [5, 5.41) is 8.69. The van der Waals surface area contributed by atoms with Crippen molar-refractivity contribution >= 4 is 21.7 Å². The fourth-order valence-electron chi connectivity index (χ4n) is 3.57. The highest BCUT2D eigenvalue weighted by molar-refractivity contribution is 7.91. The number of carboxylic acids is 1. The highest BCUT2D eigenvalue weighted by Crippen LogP contribution is 2.28. The van der Waals surface area contributed by atoms with E-state index >= 15 is 0 Å². The Morgan fingerprint density at radius 1 is 1.20 bits per heavy atom. The summed E-state index contributed by atoms with van der Waals surface area (Å²) in [7, 11) is -1.56. The number of carboxylic acid groups (broad SMARTS) is 1. The number of aryl methyl sites for hydroxylation is 1. The normalized spacial score (nSPS) is 20.9. The summed E-state index contributed by atoms with van der Waals surface area (Å²) in [6.07, 6.45) is 4.76. The average Bonchev–Trinajstić information content (AvgIpc) is 2.58. The summed E-state index contributed by atoms with van der Waals surface area (Å²) in [6, 6.07) is 6.32. The molecule has 25 heavy (non-hydrogen) atoms. The second kappa shape index (κ2) is 7.99. The summed E-state index contributed by atoms with van der Waals surface area (Å²) < 4.78 is 24.0. The molecule has 1 N–H and O–H groups in total. The summed E-state index contributed by atoms with van der Waals surface area (Å²) >= 11 is 0. The molecule has 1 aromatic carbocycles. The van der Waals surface area contributed by atoms with Crippen molar-refractivity contribution in [3.63, 3.8) is 0 Å². The third-order valence-electron chi connectivity index (χ3n) is 4.96. The number of benzene rings is 1. The van der Waals surface area contributed by atoms with Crippen molar-refractivity contribution in [1.82, 2.24) is 4.90 Å². The number of rotatable bonds is 6. The molecule has 1 aliphatic carbocycles. The number of sulfone groups is 1. The number of hydrogen-bond acceptors (Lipinski definition) is 4. The van der Waals surface area contributed by atoms with Crippen molar-refractivity contribution in [2.45, 2.75) is 49.8 Å². The van der Waals surface area contributed by atoms with Crippen LogP contribution in [0.5, 0.6) is 0 Å². The van der Waals surface area contributed by atoms with Gasteiger partial charge in [0.05, 0.1) is 10.8 Å². The van der Waals surface area contributed by atoms with Crippen molar-refractivity contribution in [2.24, 2.45) is 0 Å². The van der Waals surface area contributed by atoms with E-state index in [4.69, 9.17) is 0 Å². The first kappa shape index (κ1) is 19.4. The molecule has 0 spiro atoms. The molecule has 2 unspecified atom stereocenters. The molecule has 7 heteroatoms. The van der Waals surface area contributed by atoms with Gasteiger partial charge >= 0.3 is 5.97 Å². The minimum Gasteiger partial charge on any atom is -0.478 e. The lowest BCUT2D eigenvalue weighted by molar-refractivity contribution is -0.132. The third kappa shape index (κ3) is 4.81. The molecule has 0 saturated heterocycles. The Labute approximate surface area is 148 Å². The molecule has 0 aliphatic heterocycles. The Morgan fingerprint density at radius 3 is 2.48 bits per heavy atom. The van der Waals surface area contributed by atoms with E-state index in [0.717, 1.165) is 12.8 Å². The van der Waals surface area contributed by atoms with Gasteiger partial charge in [-0.05, 0) is 30.9 Å². The van der Waals surface area contributed by atoms with E-state index in [-0.39, 0.29) is 23.9 Å². The molecule has 0 radical (unpaired) electrons. The van der Waals surface area contributed by atoms with Crippen molar-refractivity contribution in [3.05, 3.63) is 35.4 Å². The van der Waals surface area contributed by atoms with Crippen LogP contribution in [0.25, 0.3) is 0 Å². The Hall–Kier alpha value is -1.89. The first-order valence-corrected chi connectivity index (χ1v) is 10.4. The number of carbonyl (C=O) groups is 2. The monoisotopic (exact) mass is 367 g/mol. The van der Waals surface area contributed by atoms with Crippen LogP contribution in [0.1, 0.15) is 48.0 Å². The van der Waals surface area contributed by atoms with Crippen LogP contribution in [0.4, 0.5) is 0 Å². The van der Waals surface area contributed by atoms with Gasteiger partial charge in [0.1, 0.15) is 0 Å². The van der Waals surface area contributed by atoms with E-state index in [0.29, 0.717) is 24.8 Å². The van der Waals surface area contributed by atoms with Gasteiger partial charge in [-0.15, -0.1) is 0 Å². The fourth-order valence-corrected chi connectivity index (χ4v) is 5.05. The number of hydrogen-bond donors (Lipinski definition) is 1. The Morgan fingerprint density at radius 2 is 1.84 bits per heavy atom. The average molecular weight is 367 g/mol. The van der Waals surface area contributed by atoms with Crippen LogP contribution >= 0.6 is 0 Å². The van der Waals surface area contributed by atoms with Crippen LogP contribution in [0, 0.1) is 0 Å². The van der Waals surface area contributed by atoms with Gasteiger partial charge in [-0.3, -0.25) is 4.79 Å². The van der Waals surface area contributed by atoms with Gasteiger partial charge in [0, 0.05) is 25.8 Å². The molecule has 1 fully saturated rings. The van der Waals surface area contributed by atoms with E-state index in [1.807, 2.05) is 0 Å². The van der Waals surface area contributed by atoms with Gasteiger partial charge in [-0.1, -0.05) is 31.0 Å². The highest BCUT2D eigenvalue weighted by atomic mass is 32.2. The standard InChI is InChI=1S/C18H25NO5S/c1-19(15-9-5-6-10-16(15)25(2,23)24)17(20)12-11-13-7-3-4-8-14(13)18(21)22/h3-4,7-8,15-16H,5-6,9-12H2,1-2H3,(H,21,22). The molecular formula is C18H25NO5S. The zero-order valence-electron chi connectivity index (χ0n) is 14.6. The SMILES string of the molecule is CN(C(=O)CCc1ccccc1C(=O)O)C1CCCCC1S(C)(=O)=O. The maximum atomic E-state index is 12.6. The predicted octanol–water partition coefficient (Wildman–Crippen LogP) is 2.13. The molecule has 1 aromatic rings. The summed E-state index contributed by atoms with van der Waals surface area (Å²) in [5.74, 6) is -1.17. The molecule has 1 amide bonds. The van der Waals surface area contributed by atoms with Crippen LogP contribution in [0.3, 0.4) is 0 Å². The van der Waals surface area contributed by atoms with Crippen molar-refractivity contribution < 1.29 is 23.1 Å². The van der Waals surface area contributed by atoms with Crippen LogP contribution in [-0.2, 0) is 21.1 Å². The molecular weight excluding hydrogens is 342 g/mol. The predicted molar refractivity (Wildman–Crippen MR) is 95.4 cm³/mol. The minimum atomic E-state index is -3.21. The van der Waals surface area contributed by atoms with Crippen LogP contribution < -0.4 is 0 Å². The Kier molecular flexibility index (Phi) is 6.21. The summed E-state index contributed by atoms with van der Waals surface area (Å²) in [5.41, 5.74) is 0.810. The van der Waals surface area contributed by atoms with Gasteiger partial charge < -0.3 is 10.0 Å². The first-order valence-electron chi connectivity index (χ1n) is 8.47. The van der Waals surface area contributed by atoms with Gasteiger partial charge in [0.2, 0.25) is 5.91 Å². The second-order valence-corrected chi connectivity index (χ2v) is 8.95. The van der Waals surface area contributed by atoms with Crippen LogP contribution in [0.15, 0.2) is 24.3 Å². The molecule has 2 rings (SSSR count). The smallest absolute Gasteiger partial charge is 0.335 e. The van der Waals surface area contributed by atoms with Gasteiger partial charge in [0.15, 0.2) is 9.84 Å². The largest absolute Gasteiger partial charge is 0.478 e. The summed E-state index contributed by atoms with van der Waals surface area (Å²) in [6.45, 7) is 0. The lowest BCUT2D eigenvalue weighted by atomic mass is 9.93. The third-order valence-corrected chi connectivity index (χ3v) is 6.61. The molecule has 1 aliphatic rings. The number of carbonyl (C=O) groups excluding carboxylic acids is 1. The molecule has 6 nitrogen and oxygen atoms in total. The number of amides is 1. The number of aromatic carboxylic acids is 1. The Bertz CT molecular complexity index is 744. The lowest BCUT2D eigenvalue weighted by Gasteiger charge is -2.37. The Balaban J connectivity index is 2.06. The van der Waals surface area contributed by atoms with Crippen molar-refractivity contribution in [2.75, 3.05) is 13.3 Å².